The van der Waals surface area contributed by atoms with E-state index in [9.17, 15) is 22.6 Å². The Morgan fingerprint density at radius 2 is 1.57 bits per heavy atom. The van der Waals surface area contributed by atoms with E-state index in [2.05, 4.69) is 21.2 Å². The lowest BCUT2D eigenvalue weighted by Crippen LogP contribution is -2.24. The quantitative estimate of drug-likeness (QED) is 0.646. The molecule has 118 valence electrons. The molecule has 0 radical (unpaired) electrons. The number of halogens is 1. The van der Waals surface area contributed by atoms with Gasteiger partial charge in [0, 0.05) is 22.6 Å². The van der Waals surface area contributed by atoms with Gasteiger partial charge in [0.25, 0.3) is 10.1 Å². The first-order valence-corrected chi connectivity index (χ1v) is 8.71. The van der Waals surface area contributed by atoms with E-state index in [4.69, 9.17) is 0 Å². The highest BCUT2D eigenvalue weighted by atomic mass is 79.9. The molecule has 0 unspecified atom stereocenters. The van der Waals surface area contributed by atoms with Crippen LogP contribution in [0.2, 0.25) is 0 Å². The minimum Gasteiger partial charge on any atom is -0.386 e. The molecule has 0 saturated heterocycles. The Labute approximate surface area is 140 Å². The van der Waals surface area contributed by atoms with E-state index < -0.39 is 20.8 Å². The lowest BCUT2D eigenvalue weighted by atomic mass is 9.83. The van der Waals surface area contributed by atoms with Gasteiger partial charge in [-0.2, -0.15) is 8.42 Å². The van der Waals surface area contributed by atoms with Gasteiger partial charge in [-0.05, 0) is 22.0 Å². The van der Waals surface area contributed by atoms with E-state index >= 15 is 0 Å². The smallest absolute Gasteiger partial charge is 0.296 e. The predicted molar refractivity (Wildman–Crippen MR) is 86.8 cm³/mol. The Bertz CT molecular complexity index is 982. The molecule has 0 bridgehead atoms. The highest BCUT2D eigenvalue weighted by Gasteiger charge is 2.36. The number of carbonyl (C=O) groups excluding carboxylic acids is 2. The second kappa shape index (κ2) is 5.26. The Hall–Kier alpha value is -2.03. The minimum atomic E-state index is -4.58. The third-order valence-electron chi connectivity index (χ3n) is 3.64. The van der Waals surface area contributed by atoms with E-state index in [0.717, 1.165) is 6.07 Å². The van der Waals surface area contributed by atoms with Crippen LogP contribution in [0.15, 0.2) is 39.7 Å². The zero-order valence-corrected chi connectivity index (χ0v) is 14.2. The van der Waals surface area contributed by atoms with Gasteiger partial charge in [0.1, 0.15) is 4.90 Å². The molecule has 8 heteroatoms. The van der Waals surface area contributed by atoms with Crippen molar-refractivity contribution in [3.63, 3.8) is 0 Å². The summed E-state index contributed by atoms with van der Waals surface area (Å²) in [6.45, 7) is 0. The van der Waals surface area contributed by atoms with Crippen LogP contribution in [0.1, 0.15) is 31.8 Å². The lowest BCUT2D eigenvalue weighted by molar-refractivity contribution is 0.0979. The Morgan fingerprint density at radius 3 is 2.04 bits per heavy atom. The number of nitrogens with one attached hydrogen (secondary N) is 1. The van der Waals surface area contributed by atoms with Gasteiger partial charge in [0.2, 0.25) is 0 Å². The lowest BCUT2D eigenvalue weighted by Gasteiger charge is -2.22. The fraction of sp³-hybridized carbons (Fsp3) is 0.0667. The van der Waals surface area contributed by atoms with Gasteiger partial charge in [-0.1, -0.05) is 24.3 Å². The molecule has 0 amide bonds. The van der Waals surface area contributed by atoms with Gasteiger partial charge in [-0.3, -0.25) is 14.1 Å². The van der Waals surface area contributed by atoms with Crippen molar-refractivity contribution in [1.82, 2.24) is 0 Å². The number of rotatable bonds is 2. The number of anilines is 1. The van der Waals surface area contributed by atoms with Crippen molar-refractivity contribution in [3.05, 3.63) is 57.1 Å². The molecular formula is C15H10BrNO5S. The molecule has 0 spiro atoms. The Balaban J connectivity index is 2.46. The molecule has 2 N–H and O–H groups in total. The summed E-state index contributed by atoms with van der Waals surface area (Å²) < 4.78 is 32.7. The van der Waals surface area contributed by atoms with Gasteiger partial charge in [0.15, 0.2) is 11.6 Å². The standard InChI is InChI=1S/C15H10BrNO5S/c1-17-13-10(23(20,21)22)6-9(16)11-12(13)15(19)8-5-3-2-4-7(8)14(11)18/h2-6,17H,1H3,(H,20,21,22). The normalized spacial score (nSPS) is 13.5. The maximum absolute atomic E-state index is 12.8. The third-order valence-corrected chi connectivity index (χ3v) is 5.14. The van der Waals surface area contributed by atoms with Crippen LogP contribution >= 0.6 is 15.9 Å². The first-order valence-electron chi connectivity index (χ1n) is 6.47. The van der Waals surface area contributed by atoms with Crippen molar-refractivity contribution in [2.24, 2.45) is 0 Å². The van der Waals surface area contributed by atoms with Gasteiger partial charge < -0.3 is 5.32 Å². The van der Waals surface area contributed by atoms with Crippen molar-refractivity contribution in [1.29, 1.82) is 0 Å². The molecule has 0 aromatic heterocycles. The molecule has 2 aromatic rings. The van der Waals surface area contributed by atoms with Crippen molar-refractivity contribution < 1.29 is 22.6 Å². The fourth-order valence-corrected chi connectivity index (χ4v) is 4.16. The van der Waals surface area contributed by atoms with Crippen molar-refractivity contribution >= 4 is 43.3 Å². The molecule has 1 aliphatic carbocycles. The summed E-state index contributed by atoms with van der Waals surface area (Å²) in [4.78, 5) is 25.0. The maximum atomic E-state index is 12.8. The number of benzene rings is 2. The number of carbonyl (C=O) groups is 2. The van der Waals surface area contributed by atoms with E-state index in [-0.39, 0.29) is 38.2 Å². The highest BCUT2D eigenvalue weighted by Crippen LogP contribution is 2.39. The maximum Gasteiger partial charge on any atom is 0.296 e. The molecule has 0 atom stereocenters. The van der Waals surface area contributed by atoms with Gasteiger partial charge in [-0.15, -0.1) is 0 Å². The summed E-state index contributed by atoms with van der Waals surface area (Å²) in [5, 5.41) is 2.61. The van der Waals surface area contributed by atoms with Crippen LogP contribution in [0.5, 0.6) is 0 Å². The molecule has 3 rings (SSSR count). The number of fused-ring (bicyclic) bond motifs is 2. The second-order valence-electron chi connectivity index (χ2n) is 4.91. The number of ketones is 2. The summed E-state index contributed by atoms with van der Waals surface area (Å²) in [5.74, 6) is -0.869. The summed E-state index contributed by atoms with van der Waals surface area (Å²) in [6, 6.07) is 7.43. The van der Waals surface area contributed by atoms with Crippen LogP contribution in [-0.4, -0.2) is 31.6 Å². The van der Waals surface area contributed by atoms with E-state index in [1.165, 1.54) is 13.1 Å². The molecule has 6 nitrogen and oxygen atoms in total. The molecule has 2 aromatic carbocycles. The summed E-state index contributed by atoms with van der Waals surface area (Å²) >= 11 is 3.13. The van der Waals surface area contributed by atoms with Crippen molar-refractivity contribution in [2.45, 2.75) is 4.90 Å². The first-order chi connectivity index (χ1) is 10.8. The second-order valence-corrected chi connectivity index (χ2v) is 7.15. The topological polar surface area (TPSA) is 101 Å². The molecular weight excluding hydrogens is 386 g/mol. The average molecular weight is 396 g/mol. The highest BCUT2D eigenvalue weighted by molar-refractivity contribution is 9.10. The Kier molecular flexibility index (Phi) is 3.62. The monoisotopic (exact) mass is 395 g/mol. The van der Waals surface area contributed by atoms with Gasteiger partial charge >= 0.3 is 0 Å². The zero-order chi connectivity index (χ0) is 16.9. The zero-order valence-electron chi connectivity index (χ0n) is 11.8. The van der Waals surface area contributed by atoms with Crippen LogP contribution in [0.3, 0.4) is 0 Å². The SMILES string of the molecule is CNc1c(S(=O)(=O)O)cc(Br)c2c1C(=O)c1ccccc1C2=O. The number of hydrogen-bond donors (Lipinski definition) is 2. The van der Waals surface area contributed by atoms with E-state index in [1.807, 2.05) is 0 Å². The first kappa shape index (κ1) is 15.9. The number of hydrogen-bond acceptors (Lipinski definition) is 5. The summed E-state index contributed by atoms with van der Waals surface area (Å²) in [6.07, 6.45) is 0. The molecule has 23 heavy (non-hydrogen) atoms. The van der Waals surface area contributed by atoms with Crippen LogP contribution in [-0.2, 0) is 10.1 Å². The van der Waals surface area contributed by atoms with Gasteiger partial charge in [0.05, 0.1) is 16.8 Å². The molecule has 0 heterocycles. The van der Waals surface area contributed by atoms with Crippen LogP contribution in [0, 0.1) is 0 Å². The molecule has 0 fully saturated rings. The van der Waals surface area contributed by atoms with Crippen molar-refractivity contribution in [3.8, 4) is 0 Å². The molecule has 0 aliphatic heterocycles. The van der Waals surface area contributed by atoms with Gasteiger partial charge in [-0.25, -0.2) is 0 Å². The molecule has 1 aliphatic rings. The van der Waals surface area contributed by atoms with Crippen LogP contribution in [0.25, 0.3) is 0 Å². The Morgan fingerprint density at radius 1 is 1.04 bits per heavy atom. The van der Waals surface area contributed by atoms with Crippen LogP contribution < -0.4 is 5.32 Å². The van der Waals surface area contributed by atoms with Crippen molar-refractivity contribution in [2.75, 3.05) is 12.4 Å². The van der Waals surface area contributed by atoms with Crippen LogP contribution in [0.4, 0.5) is 5.69 Å². The fourth-order valence-electron chi connectivity index (χ4n) is 2.68. The predicted octanol–water partition coefficient (Wildman–Crippen LogP) is 2.51. The summed E-state index contributed by atoms with van der Waals surface area (Å²) in [5.41, 5.74) is 0.357. The van der Waals surface area contributed by atoms with E-state index in [1.54, 1.807) is 18.2 Å². The van der Waals surface area contributed by atoms with E-state index in [0.29, 0.717) is 0 Å². The third kappa shape index (κ3) is 2.30. The molecule has 0 saturated carbocycles. The average Bonchev–Trinajstić information content (AvgIpc) is 2.50. The summed E-state index contributed by atoms with van der Waals surface area (Å²) in [7, 11) is -3.16. The largest absolute Gasteiger partial charge is 0.386 e. The minimum absolute atomic E-state index is 0.0711.